The quantitative estimate of drug-likeness (QED) is 0.333. The molecule has 1 amide bonds. The minimum atomic E-state index is -1.66. The summed E-state index contributed by atoms with van der Waals surface area (Å²) in [5.74, 6) is -5.17. The fourth-order valence-electron chi connectivity index (χ4n) is 3.79. The van der Waals surface area contributed by atoms with Gasteiger partial charge in [-0.2, -0.15) is 5.10 Å². The molecule has 0 atom stereocenters. The van der Waals surface area contributed by atoms with Crippen LogP contribution in [-0.2, 0) is 0 Å². The highest BCUT2D eigenvalue weighted by molar-refractivity contribution is 6.13. The van der Waals surface area contributed by atoms with Crippen molar-refractivity contribution in [2.24, 2.45) is 0 Å². The van der Waals surface area contributed by atoms with Gasteiger partial charge in [-0.15, -0.1) is 0 Å². The van der Waals surface area contributed by atoms with Crippen LogP contribution in [0.4, 0.5) is 18.9 Å². The number of aryl methyl sites for hydroxylation is 1. The van der Waals surface area contributed by atoms with E-state index in [4.69, 9.17) is 4.98 Å². The molecular formula is C26H17F3N4O. The first-order valence-electron chi connectivity index (χ1n) is 10.4. The molecule has 0 spiro atoms. The highest BCUT2D eigenvalue weighted by atomic mass is 19.2. The van der Waals surface area contributed by atoms with Crippen LogP contribution in [0.2, 0.25) is 0 Å². The van der Waals surface area contributed by atoms with Gasteiger partial charge in [0.15, 0.2) is 23.1 Å². The third-order valence-corrected chi connectivity index (χ3v) is 5.41. The predicted molar refractivity (Wildman–Crippen MR) is 123 cm³/mol. The molecule has 0 aliphatic rings. The minimum absolute atomic E-state index is 0.174. The number of nitrogens with zero attached hydrogens (tertiary/aromatic N) is 3. The van der Waals surface area contributed by atoms with E-state index in [2.05, 4.69) is 10.4 Å². The summed E-state index contributed by atoms with van der Waals surface area (Å²) in [6.07, 6.45) is 0. The van der Waals surface area contributed by atoms with Crippen LogP contribution in [-0.4, -0.2) is 20.7 Å². The SMILES string of the molecule is Cc1nn(-c2ccccc2)c2nc(-c3ccccc3)cc(C(=O)Nc3ccc(F)c(F)c3F)c12. The number of nitrogens with one attached hydrogen (secondary N) is 1. The van der Waals surface area contributed by atoms with Crippen molar-refractivity contribution < 1.29 is 18.0 Å². The minimum Gasteiger partial charge on any atom is -0.319 e. The molecule has 0 bridgehead atoms. The molecule has 34 heavy (non-hydrogen) atoms. The lowest BCUT2D eigenvalue weighted by molar-refractivity contribution is 0.102. The van der Waals surface area contributed by atoms with Gasteiger partial charge in [-0.05, 0) is 37.3 Å². The van der Waals surface area contributed by atoms with E-state index in [0.29, 0.717) is 22.4 Å². The third kappa shape index (κ3) is 3.69. The second-order valence-electron chi connectivity index (χ2n) is 7.63. The molecule has 2 heterocycles. The van der Waals surface area contributed by atoms with Gasteiger partial charge in [0.1, 0.15) is 0 Å². The van der Waals surface area contributed by atoms with Crippen molar-refractivity contribution in [1.82, 2.24) is 14.8 Å². The zero-order valence-corrected chi connectivity index (χ0v) is 17.9. The van der Waals surface area contributed by atoms with Crippen LogP contribution in [0.3, 0.4) is 0 Å². The molecule has 0 aliphatic heterocycles. The number of amides is 1. The molecule has 5 aromatic rings. The molecule has 0 saturated heterocycles. The maximum absolute atomic E-state index is 14.2. The summed E-state index contributed by atoms with van der Waals surface area (Å²) in [5.41, 5.74) is 2.67. The van der Waals surface area contributed by atoms with E-state index < -0.39 is 29.0 Å². The second-order valence-corrected chi connectivity index (χ2v) is 7.63. The van der Waals surface area contributed by atoms with Gasteiger partial charge in [0.05, 0.1) is 33.7 Å². The number of hydrogen-bond donors (Lipinski definition) is 1. The molecule has 5 nitrogen and oxygen atoms in total. The van der Waals surface area contributed by atoms with E-state index >= 15 is 0 Å². The normalized spacial score (nSPS) is 11.1. The molecule has 8 heteroatoms. The maximum Gasteiger partial charge on any atom is 0.256 e. The standard InChI is InChI=1S/C26H17F3N4O/c1-15-22-18(26(34)31-20-13-12-19(27)23(28)24(20)29)14-21(16-8-4-2-5-9-16)30-25(22)33(32-15)17-10-6-3-7-11-17/h2-14H,1H3,(H,31,34). The number of aromatic nitrogens is 3. The number of hydrogen-bond acceptors (Lipinski definition) is 3. The van der Waals surface area contributed by atoms with Crippen LogP contribution in [0, 0.1) is 24.4 Å². The summed E-state index contributed by atoms with van der Waals surface area (Å²) in [6, 6.07) is 21.9. The molecule has 3 aromatic carbocycles. The lowest BCUT2D eigenvalue weighted by Crippen LogP contribution is -2.15. The van der Waals surface area contributed by atoms with Crippen LogP contribution in [0.1, 0.15) is 16.1 Å². The van der Waals surface area contributed by atoms with Gasteiger partial charge in [-0.25, -0.2) is 22.8 Å². The lowest BCUT2D eigenvalue weighted by atomic mass is 10.0. The van der Waals surface area contributed by atoms with Crippen LogP contribution < -0.4 is 5.32 Å². The van der Waals surface area contributed by atoms with Gasteiger partial charge in [-0.3, -0.25) is 4.79 Å². The van der Waals surface area contributed by atoms with Crippen molar-refractivity contribution in [2.45, 2.75) is 6.92 Å². The Bertz CT molecular complexity index is 1530. The molecule has 2 aromatic heterocycles. The second kappa shape index (κ2) is 8.47. The largest absolute Gasteiger partial charge is 0.319 e. The molecule has 5 rings (SSSR count). The number of fused-ring (bicyclic) bond motifs is 1. The Morgan fingerprint density at radius 1 is 0.882 bits per heavy atom. The predicted octanol–water partition coefficient (Wildman–Crippen LogP) is 6.07. The summed E-state index contributed by atoms with van der Waals surface area (Å²) in [7, 11) is 0. The lowest BCUT2D eigenvalue weighted by Gasteiger charge is -2.11. The zero-order chi connectivity index (χ0) is 23.8. The maximum atomic E-state index is 14.2. The molecule has 0 unspecified atom stereocenters. The number of rotatable bonds is 4. The molecule has 0 aliphatic carbocycles. The average molecular weight is 458 g/mol. The summed E-state index contributed by atoms with van der Waals surface area (Å²) in [4.78, 5) is 18.1. The fraction of sp³-hybridized carbons (Fsp3) is 0.0385. The van der Waals surface area contributed by atoms with E-state index in [-0.39, 0.29) is 5.56 Å². The van der Waals surface area contributed by atoms with Crippen LogP contribution in [0.25, 0.3) is 28.0 Å². The topological polar surface area (TPSA) is 59.8 Å². The van der Waals surface area contributed by atoms with Crippen molar-refractivity contribution in [3.05, 3.63) is 108 Å². The van der Waals surface area contributed by atoms with Crippen LogP contribution in [0.5, 0.6) is 0 Å². The van der Waals surface area contributed by atoms with Crippen molar-refractivity contribution in [3.8, 4) is 16.9 Å². The summed E-state index contributed by atoms with van der Waals surface area (Å²) in [6.45, 7) is 1.74. The molecular weight excluding hydrogens is 441 g/mol. The third-order valence-electron chi connectivity index (χ3n) is 5.41. The Kier molecular flexibility index (Phi) is 5.33. The Labute approximate surface area is 192 Å². The number of carbonyl (C=O) groups excluding carboxylic acids is 1. The number of pyridine rings is 1. The van der Waals surface area contributed by atoms with Gasteiger partial charge >= 0.3 is 0 Å². The number of benzene rings is 3. The molecule has 0 saturated carbocycles. The first kappa shape index (κ1) is 21.4. The van der Waals surface area contributed by atoms with E-state index in [0.717, 1.165) is 23.4 Å². The van der Waals surface area contributed by atoms with E-state index in [1.807, 2.05) is 60.7 Å². The molecule has 1 N–H and O–H groups in total. The highest BCUT2D eigenvalue weighted by Crippen LogP contribution is 2.30. The van der Waals surface area contributed by atoms with Crippen molar-refractivity contribution >= 4 is 22.6 Å². The summed E-state index contributed by atoms with van der Waals surface area (Å²) < 4.78 is 42.9. The van der Waals surface area contributed by atoms with Crippen molar-refractivity contribution in [3.63, 3.8) is 0 Å². The number of carbonyl (C=O) groups is 1. The van der Waals surface area contributed by atoms with Gasteiger partial charge in [-0.1, -0.05) is 48.5 Å². The highest BCUT2D eigenvalue weighted by Gasteiger charge is 2.23. The van der Waals surface area contributed by atoms with Crippen molar-refractivity contribution in [1.29, 1.82) is 0 Å². The summed E-state index contributed by atoms with van der Waals surface area (Å²) >= 11 is 0. The Morgan fingerprint density at radius 2 is 1.56 bits per heavy atom. The monoisotopic (exact) mass is 458 g/mol. The van der Waals surface area contributed by atoms with Gasteiger partial charge in [0, 0.05) is 5.56 Å². The molecule has 0 radical (unpaired) electrons. The number of halogens is 3. The average Bonchev–Trinajstić information content (AvgIpc) is 3.21. The van der Waals surface area contributed by atoms with Crippen LogP contribution in [0.15, 0.2) is 78.9 Å². The molecule has 0 fully saturated rings. The Hall–Kier alpha value is -4.46. The zero-order valence-electron chi connectivity index (χ0n) is 17.9. The molecule has 168 valence electrons. The first-order valence-corrected chi connectivity index (χ1v) is 10.4. The fourth-order valence-corrected chi connectivity index (χ4v) is 3.79. The van der Waals surface area contributed by atoms with Gasteiger partial charge in [0.25, 0.3) is 5.91 Å². The Balaban J connectivity index is 1.71. The summed E-state index contributed by atoms with van der Waals surface area (Å²) in [5, 5.41) is 7.40. The van der Waals surface area contributed by atoms with E-state index in [9.17, 15) is 18.0 Å². The number of para-hydroxylation sites is 1. The van der Waals surface area contributed by atoms with Gasteiger partial charge < -0.3 is 5.32 Å². The van der Waals surface area contributed by atoms with E-state index in [1.54, 1.807) is 17.7 Å². The van der Waals surface area contributed by atoms with Crippen molar-refractivity contribution in [2.75, 3.05) is 5.32 Å². The van der Waals surface area contributed by atoms with Gasteiger partial charge in [0.2, 0.25) is 0 Å². The van der Waals surface area contributed by atoms with Crippen LogP contribution >= 0.6 is 0 Å². The number of anilines is 1. The Morgan fingerprint density at radius 3 is 2.26 bits per heavy atom. The van der Waals surface area contributed by atoms with E-state index in [1.165, 1.54) is 0 Å². The smallest absolute Gasteiger partial charge is 0.256 e. The first-order chi connectivity index (χ1) is 16.4.